The fourth-order valence-corrected chi connectivity index (χ4v) is 2.22. The molecule has 3 rings (SSSR count). The number of hydrogen-bond donors (Lipinski definition) is 3. The monoisotopic (exact) mass is 349 g/mol. The van der Waals surface area contributed by atoms with Crippen molar-refractivity contribution in [2.75, 3.05) is 11.9 Å². The van der Waals surface area contributed by atoms with Crippen LogP contribution in [0, 0.1) is 11.3 Å². The van der Waals surface area contributed by atoms with Crippen LogP contribution in [0.1, 0.15) is 17.5 Å². The predicted molar refractivity (Wildman–Crippen MR) is 92.9 cm³/mol. The van der Waals surface area contributed by atoms with Gasteiger partial charge in [-0.15, -0.1) is 0 Å². The Morgan fingerprint density at radius 1 is 1.19 bits per heavy atom. The summed E-state index contributed by atoms with van der Waals surface area (Å²) in [5.41, 5.74) is 1.76. The van der Waals surface area contributed by atoms with Gasteiger partial charge in [0.05, 0.1) is 18.2 Å². The minimum atomic E-state index is -0.849. The minimum absolute atomic E-state index is 0.0985. The highest BCUT2D eigenvalue weighted by atomic mass is 16.5. The van der Waals surface area contributed by atoms with Gasteiger partial charge in [0.15, 0.2) is 0 Å². The average Bonchev–Trinajstić information content (AvgIpc) is 3.17. The van der Waals surface area contributed by atoms with Crippen LogP contribution in [0.25, 0.3) is 11.4 Å². The number of nitrogens with one attached hydrogen (secondary N) is 2. The van der Waals surface area contributed by atoms with E-state index in [0.717, 1.165) is 5.56 Å². The minimum Gasteiger partial charge on any atom is -0.394 e. The molecule has 1 unspecified atom stereocenters. The van der Waals surface area contributed by atoms with E-state index in [9.17, 15) is 9.90 Å². The van der Waals surface area contributed by atoms with Crippen molar-refractivity contribution in [3.8, 4) is 17.5 Å². The van der Waals surface area contributed by atoms with Crippen LogP contribution in [-0.2, 0) is 0 Å². The van der Waals surface area contributed by atoms with Crippen LogP contribution in [0.3, 0.4) is 0 Å². The standard InChI is InChI=1S/C18H15N5O3/c19-10-12-6-8-14(9-7-12)20-18(25)21-15(11-24)17-22-16(23-26-17)13-4-2-1-3-5-13/h1-9,15,24H,11H2,(H2,20,21,25). The van der Waals surface area contributed by atoms with Gasteiger partial charge in [-0.25, -0.2) is 4.79 Å². The number of nitrogens with zero attached hydrogens (tertiary/aromatic N) is 3. The number of amides is 2. The van der Waals surface area contributed by atoms with Crippen LogP contribution in [-0.4, -0.2) is 27.9 Å². The Labute approximate surface area is 149 Å². The molecule has 0 saturated heterocycles. The van der Waals surface area contributed by atoms with Crippen molar-refractivity contribution in [1.29, 1.82) is 5.26 Å². The summed E-state index contributed by atoms with van der Waals surface area (Å²) in [4.78, 5) is 16.3. The van der Waals surface area contributed by atoms with Crippen molar-refractivity contribution in [2.45, 2.75) is 6.04 Å². The Balaban J connectivity index is 1.66. The molecule has 1 atom stereocenters. The van der Waals surface area contributed by atoms with Crippen molar-refractivity contribution in [2.24, 2.45) is 0 Å². The lowest BCUT2D eigenvalue weighted by molar-refractivity contribution is 0.205. The molecular weight excluding hydrogens is 334 g/mol. The molecule has 0 saturated carbocycles. The molecule has 0 bridgehead atoms. The molecule has 2 aromatic carbocycles. The summed E-state index contributed by atoms with van der Waals surface area (Å²) in [6.45, 7) is -0.406. The number of anilines is 1. The third kappa shape index (κ3) is 4.03. The highest BCUT2D eigenvalue weighted by Crippen LogP contribution is 2.18. The van der Waals surface area contributed by atoms with Crippen molar-refractivity contribution in [3.05, 3.63) is 66.1 Å². The molecule has 3 aromatic rings. The maximum atomic E-state index is 12.1. The molecule has 0 spiro atoms. The summed E-state index contributed by atoms with van der Waals surface area (Å²) >= 11 is 0. The van der Waals surface area contributed by atoms with Crippen LogP contribution in [0.15, 0.2) is 59.1 Å². The zero-order chi connectivity index (χ0) is 18.4. The summed E-state index contributed by atoms with van der Waals surface area (Å²) in [6.07, 6.45) is 0. The number of hydrogen-bond acceptors (Lipinski definition) is 6. The lowest BCUT2D eigenvalue weighted by Crippen LogP contribution is -2.34. The van der Waals surface area contributed by atoms with E-state index in [1.165, 1.54) is 0 Å². The quantitative estimate of drug-likeness (QED) is 0.650. The Morgan fingerprint density at radius 3 is 2.58 bits per heavy atom. The Kier molecular flexibility index (Phi) is 5.22. The highest BCUT2D eigenvalue weighted by molar-refractivity contribution is 5.89. The first-order chi connectivity index (χ1) is 12.7. The van der Waals surface area contributed by atoms with Gasteiger partial charge in [0.2, 0.25) is 5.82 Å². The SMILES string of the molecule is N#Cc1ccc(NC(=O)NC(CO)c2nc(-c3ccccc3)no2)cc1. The fraction of sp³-hybridized carbons (Fsp3) is 0.111. The number of aromatic nitrogens is 2. The topological polar surface area (TPSA) is 124 Å². The maximum absolute atomic E-state index is 12.1. The Morgan fingerprint density at radius 2 is 1.92 bits per heavy atom. The first-order valence-electron chi connectivity index (χ1n) is 7.77. The summed E-state index contributed by atoms with van der Waals surface area (Å²) in [7, 11) is 0. The van der Waals surface area contributed by atoms with Gasteiger partial charge in [-0.3, -0.25) is 0 Å². The van der Waals surface area contributed by atoms with Gasteiger partial charge in [-0.05, 0) is 24.3 Å². The predicted octanol–water partition coefficient (Wildman–Crippen LogP) is 2.46. The van der Waals surface area contributed by atoms with Crippen LogP contribution < -0.4 is 10.6 Å². The van der Waals surface area contributed by atoms with Crippen molar-refractivity contribution < 1.29 is 14.4 Å². The van der Waals surface area contributed by atoms with E-state index in [1.807, 2.05) is 36.4 Å². The molecule has 1 heterocycles. The Hall–Kier alpha value is -3.70. The van der Waals surface area contributed by atoms with Crippen LogP contribution in [0.5, 0.6) is 0 Å². The van der Waals surface area contributed by atoms with Gasteiger partial charge >= 0.3 is 6.03 Å². The second-order valence-electron chi connectivity index (χ2n) is 5.35. The van der Waals surface area contributed by atoms with Crippen LogP contribution in [0.4, 0.5) is 10.5 Å². The van der Waals surface area contributed by atoms with E-state index < -0.39 is 18.7 Å². The molecule has 0 radical (unpaired) electrons. The van der Waals surface area contributed by atoms with Gasteiger partial charge in [-0.1, -0.05) is 35.5 Å². The molecule has 3 N–H and O–H groups in total. The summed E-state index contributed by atoms with van der Waals surface area (Å²) < 4.78 is 5.15. The molecule has 8 heteroatoms. The van der Waals surface area contributed by atoms with Crippen LogP contribution in [0.2, 0.25) is 0 Å². The van der Waals surface area contributed by atoms with E-state index in [1.54, 1.807) is 24.3 Å². The fourth-order valence-electron chi connectivity index (χ4n) is 2.22. The van der Waals surface area contributed by atoms with Crippen molar-refractivity contribution in [3.63, 3.8) is 0 Å². The third-order valence-electron chi connectivity index (χ3n) is 3.53. The molecular formula is C18H15N5O3. The molecule has 130 valence electrons. The lowest BCUT2D eigenvalue weighted by atomic mass is 10.2. The van der Waals surface area contributed by atoms with Crippen molar-refractivity contribution in [1.82, 2.24) is 15.5 Å². The molecule has 0 fully saturated rings. The molecule has 0 aliphatic rings. The molecule has 8 nitrogen and oxygen atoms in total. The zero-order valence-corrected chi connectivity index (χ0v) is 13.6. The van der Waals surface area contributed by atoms with E-state index in [-0.39, 0.29) is 5.89 Å². The van der Waals surface area contributed by atoms with Crippen molar-refractivity contribution >= 4 is 11.7 Å². The molecule has 26 heavy (non-hydrogen) atoms. The van der Waals surface area contributed by atoms with Gasteiger partial charge in [-0.2, -0.15) is 10.2 Å². The van der Waals surface area contributed by atoms with E-state index in [4.69, 9.17) is 9.78 Å². The summed E-state index contributed by atoms with van der Waals surface area (Å²) in [5.74, 6) is 0.467. The van der Waals surface area contributed by atoms with E-state index in [0.29, 0.717) is 17.1 Å². The first kappa shape index (κ1) is 17.1. The van der Waals surface area contributed by atoms with E-state index >= 15 is 0 Å². The molecule has 1 aromatic heterocycles. The van der Waals surface area contributed by atoms with Gasteiger partial charge in [0.1, 0.15) is 6.04 Å². The Bertz CT molecular complexity index is 916. The summed E-state index contributed by atoms with van der Waals surface area (Å²) in [5, 5.41) is 27.3. The molecule has 0 aliphatic carbocycles. The van der Waals surface area contributed by atoms with Crippen LogP contribution >= 0.6 is 0 Å². The number of benzene rings is 2. The second kappa shape index (κ2) is 7.92. The lowest BCUT2D eigenvalue weighted by Gasteiger charge is -2.13. The van der Waals surface area contributed by atoms with Gasteiger partial charge in [0, 0.05) is 11.3 Å². The average molecular weight is 349 g/mol. The molecule has 2 amide bonds. The second-order valence-corrected chi connectivity index (χ2v) is 5.35. The smallest absolute Gasteiger partial charge is 0.319 e. The number of carbonyl (C=O) groups is 1. The summed E-state index contributed by atoms with van der Waals surface area (Å²) in [6, 6.07) is 16.2. The van der Waals surface area contributed by atoms with E-state index in [2.05, 4.69) is 20.8 Å². The molecule has 0 aliphatic heterocycles. The number of rotatable bonds is 5. The highest BCUT2D eigenvalue weighted by Gasteiger charge is 2.21. The number of carbonyl (C=O) groups excluding carboxylic acids is 1. The van der Waals surface area contributed by atoms with Gasteiger partial charge < -0.3 is 20.3 Å². The number of nitriles is 1. The first-order valence-corrected chi connectivity index (χ1v) is 7.77. The number of aliphatic hydroxyl groups excluding tert-OH is 1. The zero-order valence-electron chi connectivity index (χ0n) is 13.6. The number of aliphatic hydroxyl groups is 1. The maximum Gasteiger partial charge on any atom is 0.319 e. The third-order valence-corrected chi connectivity index (χ3v) is 3.53. The van der Waals surface area contributed by atoms with Gasteiger partial charge in [0.25, 0.3) is 5.89 Å². The number of urea groups is 1. The largest absolute Gasteiger partial charge is 0.394 e. The normalized spacial score (nSPS) is 11.4.